The summed E-state index contributed by atoms with van der Waals surface area (Å²) in [6.45, 7) is 0.931. The standard InChI is InChI=1S/C17H11BN2/c18-20-9-7-11-10-19-8-3-6-13-12-4-1-2-5-14(12)17(20)15(11)16(13)19/h1-9H,10H2/q+2. The molecule has 4 aromatic rings. The number of rotatable bonds is 0. The van der Waals surface area contributed by atoms with Gasteiger partial charge in [-0.3, -0.25) is 4.48 Å². The Morgan fingerprint density at radius 1 is 0.800 bits per heavy atom. The van der Waals surface area contributed by atoms with Gasteiger partial charge in [-0.2, -0.15) is 4.57 Å². The Hall–Kier alpha value is -2.42. The fourth-order valence-corrected chi connectivity index (χ4v) is 3.57. The van der Waals surface area contributed by atoms with E-state index < -0.39 is 0 Å². The predicted molar refractivity (Wildman–Crippen MR) is 79.6 cm³/mol. The predicted octanol–water partition coefficient (Wildman–Crippen LogP) is 2.01. The molecule has 1 aliphatic rings. The van der Waals surface area contributed by atoms with Crippen LogP contribution in [0.1, 0.15) is 5.56 Å². The number of fused-ring (bicyclic) bond motifs is 3. The summed E-state index contributed by atoms with van der Waals surface area (Å²) >= 11 is 0. The average Bonchev–Trinajstić information content (AvgIpc) is 2.86. The molecule has 0 N–H and O–H groups in total. The Morgan fingerprint density at radius 3 is 2.45 bits per heavy atom. The van der Waals surface area contributed by atoms with Gasteiger partial charge in [0.25, 0.3) is 0 Å². The molecule has 3 heteroatoms. The van der Waals surface area contributed by atoms with Crippen molar-refractivity contribution >= 4 is 40.6 Å². The highest BCUT2D eigenvalue weighted by Crippen LogP contribution is 2.35. The van der Waals surface area contributed by atoms with Crippen molar-refractivity contribution in [2.75, 3.05) is 0 Å². The van der Waals surface area contributed by atoms with Crippen molar-refractivity contribution < 1.29 is 9.05 Å². The van der Waals surface area contributed by atoms with E-state index in [1.165, 1.54) is 32.6 Å². The number of aromatic nitrogens is 2. The molecule has 2 nitrogen and oxygen atoms in total. The quantitative estimate of drug-likeness (QED) is 0.227. The summed E-state index contributed by atoms with van der Waals surface area (Å²) in [6.07, 6.45) is 4.11. The topological polar surface area (TPSA) is 7.76 Å². The minimum atomic E-state index is 0.931. The van der Waals surface area contributed by atoms with Crippen molar-refractivity contribution in [1.82, 2.24) is 0 Å². The summed E-state index contributed by atoms with van der Waals surface area (Å²) in [6, 6.07) is 15.0. The maximum atomic E-state index is 6.21. The number of nitrogens with zero attached hydrogens (tertiary/aromatic N) is 2. The van der Waals surface area contributed by atoms with Crippen LogP contribution in [0.2, 0.25) is 0 Å². The molecular formula is C17H11BN2+2. The maximum absolute atomic E-state index is 6.21. The molecule has 5 rings (SSSR count). The molecule has 90 valence electrons. The van der Waals surface area contributed by atoms with Crippen LogP contribution >= 0.6 is 0 Å². The zero-order valence-electron chi connectivity index (χ0n) is 10.9. The van der Waals surface area contributed by atoms with Gasteiger partial charge in [0.05, 0.1) is 10.8 Å². The summed E-state index contributed by atoms with van der Waals surface area (Å²) < 4.78 is 4.07. The van der Waals surface area contributed by atoms with Gasteiger partial charge in [0.2, 0.25) is 11.0 Å². The second kappa shape index (κ2) is 3.37. The highest BCUT2D eigenvalue weighted by Gasteiger charge is 2.29. The number of hydrogen-bond donors (Lipinski definition) is 0. The smallest absolute Gasteiger partial charge is 0.285 e. The minimum Gasteiger partial charge on any atom is -0.285 e. The fourth-order valence-electron chi connectivity index (χ4n) is 3.57. The minimum absolute atomic E-state index is 0.931. The first-order valence-corrected chi connectivity index (χ1v) is 6.80. The Labute approximate surface area is 117 Å². The van der Waals surface area contributed by atoms with Gasteiger partial charge in [-0.05, 0) is 12.1 Å². The van der Waals surface area contributed by atoms with Crippen molar-refractivity contribution in [3.05, 3.63) is 60.4 Å². The monoisotopic (exact) mass is 254 g/mol. The first-order valence-electron chi connectivity index (χ1n) is 6.80. The molecule has 0 saturated heterocycles. The lowest BCUT2D eigenvalue weighted by atomic mass is 9.98. The van der Waals surface area contributed by atoms with E-state index in [0.717, 1.165) is 12.1 Å². The average molecular weight is 254 g/mol. The van der Waals surface area contributed by atoms with E-state index in [2.05, 4.69) is 53.2 Å². The summed E-state index contributed by atoms with van der Waals surface area (Å²) in [4.78, 5) is 0. The molecule has 0 atom stereocenters. The van der Waals surface area contributed by atoms with Crippen molar-refractivity contribution in [2.24, 2.45) is 0 Å². The van der Waals surface area contributed by atoms with E-state index >= 15 is 0 Å². The molecule has 0 bridgehead atoms. The third-order valence-electron chi connectivity index (χ3n) is 4.37. The molecule has 0 saturated carbocycles. The molecule has 2 aromatic carbocycles. The molecule has 0 unspecified atom stereocenters. The van der Waals surface area contributed by atoms with Crippen LogP contribution in [0.3, 0.4) is 0 Å². The van der Waals surface area contributed by atoms with Gasteiger partial charge in [-0.1, -0.05) is 18.2 Å². The Kier molecular flexibility index (Phi) is 1.75. The second-order valence-electron chi connectivity index (χ2n) is 5.42. The van der Waals surface area contributed by atoms with E-state index in [1.54, 1.807) is 4.48 Å². The normalized spacial score (nSPS) is 13.0. The molecule has 1 aliphatic heterocycles. The highest BCUT2D eigenvalue weighted by molar-refractivity contribution is 6.23. The molecule has 0 spiro atoms. The van der Waals surface area contributed by atoms with Gasteiger partial charge in [-0.15, -0.1) is 0 Å². The maximum Gasteiger partial charge on any atom is 0.586 e. The lowest BCUT2D eigenvalue weighted by Gasteiger charge is -2.04. The van der Waals surface area contributed by atoms with E-state index in [1.807, 2.05) is 6.20 Å². The van der Waals surface area contributed by atoms with Crippen molar-refractivity contribution in [3.63, 3.8) is 0 Å². The highest BCUT2D eigenvalue weighted by atomic mass is 15.0. The summed E-state index contributed by atoms with van der Waals surface area (Å²) in [5.74, 6) is 0. The first-order chi connectivity index (χ1) is 9.84. The van der Waals surface area contributed by atoms with Crippen LogP contribution in [-0.2, 0) is 6.54 Å². The van der Waals surface area contributed by atoms with Gasteiger partial charge in [0, 0.05) is 23.1 Å². The molecule has 2 aromatic heterocycles. The SMILES string of the molecule is [B][n+]1ccc2c3c1c1ccccc1c1ccc[n+](c13)C2. The number of hydrogen-bond acceptors (Lipinski definition) is 0. The van der Waals surface area contributed by atoms with Crippen LogP contribution in [0, 0.1) is 0 Å². The van der Waals surface area contributed by atoms with Crippen LogP contribution in [-0.4, -0.2) is 7.98 Å². The van der Waals surface area contributed by atoms with Gasteiger partial charge in [0.15, 0.2) is 12.7 Å². The molecule has 20 heavy (non-hydrogen) atoms. The van der Waals surface area contributed by atoms with Crippen LogP contribution < -0.4 is 9.05 Å². The van der Waals surface area contributed by atoms with Gasteiger partial charge in [0.1, 0.15) is 11.6 Å². The molecule has 0 fully saturated rings. The largest absolute Gasteiger partial charge is 0.586 e. The van der Waals surface area contributed by atoms with Gasteiger partial charge in [-0.25, -0.2) is 0 Å². The number of pyridine rings is 2. The number of benzene rings is 2. The van der Waals surface area contributed by atoms with Crippen LogP contribution in [0.4, 0.5) is 0 Å². The summed E-state index contributed by atoms with van der Waals surface area (Å²) in [5, 5.41) is 5.09. The molecule has 0 amide bonds. The van der Waals surface area contributed by atoms with Gasteiger partial charge >= 0.3 is 7.98 Å². The summed E-state index contributed by atoms with van der Waals surface area (Å²) in [5.41, 5.74) is 3.78. The fraction of sp³-hybridized carbons (Fsp3) is 0.0588. The summed E-state index contributed by atoms with van der Waals surface area (Å²) in [7, 11) is 6.21. The van der Waals surface area contributed by atoms with Gasteiger partial charge < -0.3 is 0 Å². The van der Waals surface area contributed by atoms with Crippen LogP contribution in [0.15, 0.2) is 54.9 Å². The molecular weight excluding hydrogens is 243 g/mol. The second-order valence-corrected chi connectivity index (χ2v) is 5.42. The van der Waals surface area contributed by atoms with Crippen molar-refractivity contribution in [1.29, 1.82) is 0 Å². The molecule has 3 heterocycles. The molecule has 0 aliphatic carbocycles. The Balaban J connectivity index is 2.29. The van der Waals surface area contributed by atoms with E-state index in [9.17, 15) is 0 Å². The van der Waals surface area contributed by atoms with Crippen LogP contribution in [0.5, 0.6) is 0 Å². The third-order valence-corrected chi connectivity index (χ3v) is 4.37. The van der Waals surface area contributed by atoms with Crippen molar-refractivity contribution in [3.8, 4) is 0 Å². The zero-order chi connectivity index (χ0) is 13.3. The lowest BCUT2D eigenvalue weighted by molar-refractivity contribution is -0.657. The molecule has 2 radical (unpaired) electrons. The Bertz CT molecular complexity index is 1020. The van der Waals surface area contributed by atoms with E-state index in [-0.39, 0.29) is 0 Å². The van der Waals surface area contributed by atoms with E-state index in [0.29, 0.717) is 0 Å². The van der Waals surface area contributed by atoms with E-state index in [4.69, 9.17) is 7.98 Å². The zero-order valence-corrected chi connectivity index (χ0v) is 10.9. The van der Waals surface area contributed by atoms with Crippen molar-refractivity contribution in [2.45, 2.75) is 6.54 Å². The first kappa shape index (κ1) is 10.4. The third kappa shape index (κ3) is 1.07. The Morgan fingerprint density at radius 2 is 1.55 bits per heavy atom. The van der Waals surface area contributed by atoms with Crippen LogP contribution in [0.25, 0.3) is 32.6 Å². The lowest BCUT2D eigenvalue weighted by Crippen LogP contribution is -2.31.